The summed E-state index contributed by atoms with van der Waals surface area (Å²) < 4.78 is 13.3. The maximum atomic E-state index is 13.3. The molecule has 0 unspecified atom stereocenters. The predicted octanol–water partition coefficient (Wildman–Crippen LogP) is 2.06. The zero-order valence-corrected chi connectivity index (χ0v) is 7.89. The molecule has 2 rings (SSSR count). The molecule has 14 heavy (non-hydrogen) atoms. The van der Waals surface area contributed by atoms with Gasteiger partial charge in [-0.3, -0.25) is 0 Å². The van der Waals surface area contributed by atoms with E-state index in [0.29, 0.717) is 18.2 Å². The maximum Gasteiger partial charge on any atom is 0.127 e. The number of benzene rings is 1. The van der Waals surface area contributed by atoms with E-state index in [2.05, 4.69) is 11.2 Å². The fourth-order valence-corrected chi connectivity index (χ4v) is 1.34. The van der Waals surface area contributed by atoms with Crippen molar-refractivity contribution in [1.29, 1.82) is 0 Å². The zero-order valence-electron chi connectivity index (χ0n) is 7.89. The van der Waals surface area contributed by atoms with Crippen LogP contribution in [0.3, 0.4) is 0 Å². The van der Waals surface area contributed by atoms with Crippen LogP contribution >= 0.6 is 0 Å². The monoisotopic (exact) mass is 189 g/mol. The summed E-state index contributed by atoms with van der Waals surface area (Å²) in [6.07, 6.45) is 7.65. The van der Waals surface area contributed by atoms with Gasteiger partial charge in [0.15, 0.2) is 0 Å². The Hall–Kier alpha value is -1.33. The Balaban J connectivity index is 2.09. The first-order valence-corrected chi connectivity index (χ1v) is 4.78. The van der Waals surface area contributed by atoms with Gasteiger partial charge in [0.2, 0.25) is 0 Å². The second-order valence-corrected chi connectivity index (χ2v) is 3.61. The molecule has 0 heterocycles. The molecule has 1 saturated carbocycles. The van der Waals surface area contributed by atoms with Gasteiger partial charge in [-0.25, -0.2) is 4.39 Å². The summed E-state index contributed by atoms with van der Waals surface area (Å²) in [5, 5.41) is 3.26. The lowest BCUT2D eigenvalue weighted by Gasteiger charge is -2.04. The lowest BCUT2D eigenvalue weighted by Crippen LogP contribution is -2.16. The standard InChI is InChI=1S/C12H12FN/c1-2-9-3-6-12(13)10(7-9)8-14-11-4-5-11/h1,3,6-7,11,14H,4-5,8H2. The highest BCUT2D eigenvalue weighted by Gasteiger charge is 2.20. The highest BCUT2D eigenvalue weighted by atomic mass is 19.1. The molecule has 0 radical (unpaired) electrons. The molecule has 0 bridgehead atoms. The van der Waals surface area contributed by atoms with Gasteiger partial charge < -0.3 is 5.32 Å². The Labute approximate surface area is 83.3 Å². The third-order valence-corrected chi connectivity index (χ3v) is 2.37. The van der Waals surface area contributed by atoms with Gasteiger partial charge in [-0.05, 0) is 31.0 Å². The van der Waals surface area contributed by atoms with Crippen LogP contribution in [0.25, 0.3) is 0 Å². The summed E-state index contributed by atoms with van der Waals surface area (Å²) in [5.41, 5.74) is 1.39. The quantitative estimate of drug-likeness (QED) is 0.718. The molecule has 1 fully saturated rings. The molecule has 72 valence electrons. The molecular formula is C12H12FN. The molecule has 0 atom stereocenters. The first-order chi connectivity index (χ1) is 6.79. The van der Waals surface area contributed by atoms with Crippen molar-refractivity contribution in [2.75, 3.05) is 0 Å². The van der Waals surface area contributed by atoms with E-state index in [4.69, 9.17) is 6.42 Å². The topological polar surface area (TPSA) is 12.0 Å². The minimum Gasteiger partial charge on any atom is -0.310 e. The van der Waals surface area contributed by atoms with E-state index >= 15 is 0 Å². The van der Waals surface area contributed by atoms with Crippen LogP contribution in [0.4, 0.5) is 4.39 Å². The van der Waals surface area contributed by atoms with Crippen LogP contribution in [0.15, 0.2) is 18.2 Å². The van der Waals surface area contributed by atoms with Crippen LogP contribution in [-0.4, -0.2) is 6.04 Å². The van der Waals surface area contributed by atoms with Crippen LogP contribution in [0.2, 0.25) is 0 Å². The number of nitrogens with one attached hydrogen (secondary N) is 1. The Morgan fingerprint density at radius 3 is 2.93 bits per heavy atom. The van der Waals surface area contributed by atoms with E-state index in [1.165, 1.54) is 18.9 Å². The predicted molar refractivity (Wildman–Crippen MR) is 54.2 cm³/mol. The SMILES string of the molecule is C#Cc1ccc(F)c(CNC2CC2)c1. The molecule has 1 aromatic carbocycles. The van der Waals surface area contributed by atoms with Gasteiger partial charge in [-0.2, -0.15) is 0 Å². The van der Waals surface area contributed by atoms with Crippen LogP contribution in [0.1, 0.15) is 24.0 Å². The van der Waals surface area contributed by atoms with Gasteiger partial charge in [0, 0.05) is 23.7 Å². The summed E-state index contributed by atoms with van der Waals surface area (Å²) in [6, 6.07) is 5.36. The van der Waals surface area contributed by atoms with Gasteiger partial charge in [0.25, 0.3) is 0 Å². The Bertz CT molecular complexity index is 374. The minimum absolute atomic E-state index is 0.183. The highest BCUT2D eigenvalue weighted by Crippen LogP contribution is 2.20. The third kappa shape index (κ3) is 2.12. The molecule has 1 aliphatic rings. The summed E-state index contributed by atoms with van der Waals surface area (Å²) in [5.74, 6) is 2.32. The number of halogens is 1. The van der Waals surface area contributed by atoms with Crippen molar-refractivity contribution >= 4 is 0 Å². The van der Waals surface area contributed by atoms with Gasteiger partial charge in [0.05, 0.1) is 0 Å². The van der Waals surface area contributed by atoms with Crippen molar-refractivity contribution in [1.82, 2.24) is 5.32 Å². The van der Waals surface area contributed by atoms with Crippen molar-refractivity contribution in [2.45, 2.75) is 25.4 Å². The number of rotatable bonds is 3. The second kappa shape index (κ2) is 3.81. The average molecular weight is 189 g/mol. The molecule has 0 saturated heterocycles. The van der Waals surface area contributed by atoms with Gasteiger partial charge in [0.1, 0.15) is 5.82 Å². The molecule has 1 aliphatic carbocycles. The third-order valence-electron chi connectivity index (χ3n) is 2.37. The molecule has 1 nitrogen and oxygen atoms in total. The van der Waals surface area contributed by atoms with Gasteiger partial charge >= 0.3 is 0 Å². The molecule has 1 aromatic rings. The van der Waals surface area contributed by atoms with Crippen molar-refractivity contribution < 1.29 is 4.39 Å². The van der Waals surface area contributed by atoms with Gasteiger partial charge in [-0.15, -0.1) is 6.42 Å². The van der Waals surface area contributed by atoms with Crippen molar-refractivity contribution in [2.24, 2.45) is 0 Å². The summed E-state index contributed by atoms with van der Waals surface area (Å²) in [4.78, 5) is 0. The van der Waals surface area contributed by atoms with E-state index in [0.717, 1.165) is 5.56 Å². The van der Waals surface area contributed by atoms with E-state index in [-0.39, 0.29) is 5.82 Å². The number of hydrogen-bond acceptors (Lipinski definition) is 1. The maximum absolute atomic E-state index is 13.3. The normalized spacial score (nSPS) is 15.1. The van der Waals surface area contributed by atoms with Crippen molar-refractivity contribution in [3.8, 4) is 12.3 Å². The van der Waals surface area contributed by atoms with Crippen LogP contribution in [0.5, 0.6) is 0 Å². The fraction of sp³-hybridized carbons (Fsp3) is 0.333. The van der Waals surface area contributed by atoms with E-state index in [1.54, 1.807) is 12.1 Å². The molecule has 1 N–H and O–H groups in total. The molecule has 0 aliphatic heterocycles. The molecular weight excluding hydrogens is 177 g/mol. The molecule has 0 amide bonds. The molecule has 0 spiro atoms. The first-order valence-electron chi connectivity index (χ1n) is 4.78. The van der Waals surface area contributed by atoms with E-state index in [1.807, 2.05) is 0 Å². The van der Waals surface area contributed by atoms with Gasteiger partial charge in [-0.1, -0.05) is 5.92 Å². The van der Waals surface area contributed by atoms with Crippen LogP contribution in [-0.2, 0) is 6.54 Å². The van der Waals surface area contributed by atoms with E-state index < -0.39 is 0 Å². The number of terminal acetylenes is 1. The Morgan fingerprint density at radius 1 is 1.50 bits per heavy atom. The average Bonchev–Trinajstić information content (AvgIpc) is 3.00. The van der Waals surface area contributed by atoms with Crippen molar-refractivity contribution in [3.05, 3.63) is 35.1 Å². The first kappa shape index (κ1) is 9.23. The summed E-state index contributed by atoms with van der Waals surface area (Å²) in [7, 11) is 0. The van der Waals surface area contributed by atoms with Crippen LogP contribution in [0, 0.1) is 18.2 Å². The Kier molecular flexibility index (Phi) is 2.51. The van der Waals surface area contributed by atoms with Crippen LogP contribution < -0.4 is 5.32 Å². The fourth-order valence-electron chi connectivity index (χ4n) is 1.34. The van der Waals surface area contributed by atoms with E-state index in [9.17, 15) is 4.39 Å². The smallest absolute Gasteiger partial charge is 0.127 e. The largest absolute Gasteiger partial charge is 0.310 e. The molecule has 0 aromatic heterocycles. The highest BCUT2D eigenvalue weighted by molar-refractivity contribution is 5.36. The lowest BCUT2D eigenvalue weighted by atomic mass is 10.1. The van der Waals surface area contributed by atoms with Crippen molar-refractivity contribution in [3.63, 3.8) is 0 Å². The number of hydrogen-bond donors (Lipinski definition) is 1. The summed E-state index contributed by atoms with van der Waals surface area (Å²) >= 11 is 0. The Morgan fingerprint density at radius 2 is 2.29 bits per heavy atom. The summed E-state index contributed by atoms with van der Waals surface area (Å²) in [6.45, 7) is 0.575. The zero-order chi connectivity index (χ0) is 9.97. The second-order valence-electron chi connectivity index (χ2n) is 3.61. The molecule has 2 heteroatoms. The minimum atomic E-state index is -0.183. The lowest BCUT2D eigenvalue weighted by molar-refractivity contribution is 0.587.